The fourth-order valence-corrected chi connectivity index (χ4v) is 3.03. The van der Waals surface area contributed by atoms with E-state index in [9.17, 15) is 13.2 Å². The van der Waals surface area contributed by atoms with E-state index < -0.39 is 11.6 Å². The second-order valence-corrected chi connectivity index (χ2v) is 5.45. The minimum absolute atomic E-state index is 0.00449. The molecule has 0 amide bonds. The summed E-state index contributed by atoms with van der Waals surface area (Å²) in [4.78, 5) is 0. The van der Waals surface area contributed by atoms with E-state index in [0.717, 1.165) is 23.6 Å². The van der Waals surface area contributed by atoms with Crippen LogP contribution in [0.1, 0.15) is 42.1 Å². The fraction of sp³-hybridized carbons (Fsp3) is 0.294. The molecule has 0 aromatic heterocycles. The van der Waals surface area contributed by atoms with Gasteiger partial charge in [0.15, 0.2) is 0 Å². The van der Waals surface area contributed by atoms with E-state index in [1.54, 1.807) is 6.07 Å². The van der Waals surface area contributed by atoms with E-state index >= 15 is 0 Å². The third-order valence-corrected chi connectivity index (χ3v) is 4.09. The van der Waals surface area contributed by atoms with E-state index in [-0.39, 0.29) is 17.9 Å². The van der Waals surface area contributed by atoms with Gasteiger partial charge in [0, 0.05) is 23.7 Å². The topological polar surface area (TPSA) is 12.0 Å². The molecule has 21 heavy (non-hydrogen) atoms. The van der Waals surface area contributed by atoms with Crippen molar-refractivity contribution in [2.75, 3.05) is 0 Å². The van der Waals surface area contributed by atoms with Crippen LogP contribution in [0.5, 0.6) is 0 Å². The maximum Gasteiger partial charge on any atom is 0.130 e. The minimum atomic E-state index is -0.586. The summed E-state index contributed by atoms with van der Waals surface area (Å²) in [5, 5.41) is 3.31. The number of hydrogen-bond acceptors (Lipinski definition) is 1. The first-order valence-corrected chi connectivity index (χ1v) is 7.04. The summed E-state index contributed by atoms with van der Waals surface area (Å²) in [5.41, 5.74) is 2.09. The van der Waals surface area contributed by atoms with Crippen molar-refractivity contribution >= 4 is 0 Å². The summed E-state index contributed by atoms with van der Waals surface area (Å²) in [6.07, 6.45) is 1.46. The minimum Gasteiger partial charge on any atom is -0.303 e. The molecular weight excluding hydrogens is 275 g/mol. The number of halogens is 3. The average molecular weight is 291 g/mol. The normalized spacial score (nSPS) is 18.6. The van der Waals surface area contributed by atoms with Gasteiger partial charge in [-0.05, 0) is 43.0 Å². The Bertz CT molecular complexity index is 669. The molecule has 0 bridgehead atoms. The zero-order chi connectivity index (χ0) is 15.0. The highest BCUT2D eigenvalue weighted by Gasteiger charge is 2.26. The Morgan fingerprint density at radius 3 is 2.67 bits per heavy atom. The Labute approximate surface area is 121 Å². The summed E-state index contributed by atoms with van der Waals surface area (Å²) in [6, 6.07) is 8.36. The Hall–Kier alpha value is -1.81. The molecule has 1 nitrogen and oxygen atoms in total. The van der Waals surface area contributed by atoms with E-state index in [2.05, 4.69) is 5.32 Å². The lowest BCUT2D eigenvalue weighted by Crippen LogP contribution is -2.23. The molecule has 0 fully saturated rings. The predicted octanol–water partition coefficient (Wildman–Crippen LogP) is 4.44. The van der Waals surface area contributed by atoms with Crippen molar-refractivity contribution in [3.63, 3.8) is 0 Å². The molecule has 110 valence electrons. The van der Waals surface area contributed by atoms with Crippen LogP contribution in [0.25, 0.3) is 0 Å². The van der Waals surface area contributed by atoms with Gasteiger partial charge in [-0.3, -0.25) is 0 Å². The number of hydrogen-bond donors (Lipinski definition) is 1. The second-order valence-electron chi connectivity index (χ2n) is 5.45. The quantitative estimate of drug-likeness (QED) is 0.881. The highest BCUT2D eigenvalue weighted by atomic mass is 19.1. The van der Waals surface area contributed by atoms with Crippen LogP contribution in [0.15, 0.2) is 36.4 Å². The van der Waals surface area contributed by atoms with Gasteiger partial charge >= 0.3 is 0 Å². The second kappa shape index (κ2) is 5.53. The maximum atomic E-state index is 13.8. The lowest BCUT2D eigenvalue weighted by molar-refractivity contribution is 0.448. The molecule has 0 saturated heterocycles. The zero-order valence-corrected chi connectivity index (χ0v) is 11.7. The molecule has 3 rings (SSSR count). The fourth-order valence-electron chi connectivity index (χ4n) is 3.03. The standard InChI is InChI=1S/C17H16F3N/c1-10(12-6-5-11(18)9-16(12)20)21-17-8-7-13-14(17)3-2-4-15(13)19/h2-6,9-10,17,21H,7-8H2,1H3. The van der Waals surface area contributed by atoms with Crippen LogP contribution in [0.4, 0.5) is 13.2 Å². The molecule has 2 atom stereocenters. The summed E-state index contributed by atoms with van der Waals surface area (Å²) in [5.74, 6) is -1.33. The average Bonchev–Trinajstić information content (AvgIpc) is 2.83. The summed E-state index contributed by atoms with van der Waals surface area (Å²) >= 11 is 0. The number of fused-ring (bicyclic) bond motifs is 1. The molecule has 0 spiro atoms. The monoisotopic (exact) mass is 291 g/mol. The molecule has 2 aromatic rings. The molecule has 0 heterocycles. The Kier molecular flexibility index (Phi) is 3.72. The molecule has 4 heteroatoms. The molecule has 2 aromatic carbocycles. The highest BCUT2D eigenvalue weighted by molar-refractivity contribution is 5.36. The summed E-state index contributed by atoms with van der Waals surface area (Å²) in [6.45, 7) is 1.83. The zero-order valence-electron chi connectivity index (χ0n) is 11.7. The van der Waals surface area contributed by atoms with Gasteiger partial charge in [-0.2, -0.15) is 0 Å². The maximum absolute atomic E-state index is 13.8. The molecule has 0 saturated carbocycles. The van der Waals surface area contributed by atoms with Crippen molar-refractivity contribution in [2.24, 2.45) is 0 Å². The molecule has 1 N–H and O–H groups in total. The number of rotatable bonds is 3. The van der Waals surface area contributed by atoms with Crippen LogP contribution < -0.4 is 5.32 Å². The van der Waals surface area contributed by atoms with Gasteiger partial charge in [-0.1, -0.05) is 18.2 Å². The van der Waals surface area contributed by atoms with Crippen molar-refractivity contribution in [1.29, 1.82) is 0 Å². The van der Waals surface area contributed by atoms with Crippen molar-refractivity contribution in [3.8, 4) is 0 Å². The van der Waals surface area contributed by atoms with Crippen LogP contribution >= 0.6 is 0 Å². The molecule has 1 aliphatic carbocycles. The van der Waals surface area contributed by atoms with Gasteiger partial charge < -0.3 is 5.32 Å². The highest BCUT2D eigenvalue weighted by Crippen LogP contribution is 2.34. The van der Waals surface area contributed by atoms with Crippen molar-refractivity contribution in [1.82, 2.24) is 5.32 Å². The van der Waals surface area contributed by atoms with Gasteiger partial charge in [0.1, 0.15) is 17.5 Å². The third kappa shape index (κ3) is 2.68. The smallest absolute Gasteiger partial charge is 0.130 e. The third-order valence-electron chi connectivity index (χ3n) is 4.09. The Balaban J connectivity index is 1.81. The molecule has 0 radical (unpaired) electrons. The van der Waals surface area contributed by atoms with Gasteiger partial charge in [0.25, 0.3) is 0 Å². The Morgan fingerprint density at radius 1 is 1.10 bits per heavy atom. The van der Waals surface area contributed by atoms with Gasteiger partial charge in [-0.25, -0.2) is 13.2 Å². The van der Waals surface area contributed by atoms with Crippen molar-refractivity contribution < 1.29 is 13.2 Å². The number of benzene rings is 2. The first-order chi connectivity index (χ1) is 10.1. The van der Waals surface area contributed by atoms with Crippen molar-refractivity contribution in [2.45, 2.75) is 31.8 Å². The van der Waals surface area contributed by atoms with E-state index in [0.29, 0.717) is 12.0 Å². The lowest BCUT2D eigenvalue weighted by Gasteiger charge is -2.21. The summed E-state index contributed by atoms with van der Waals surface area (Å²) < 4.78 is 40.5. The molecule has 2 unspecified atom stereocenters. The predicted molar refractivity (Wildman–Crippen MR) is 75.4 cm³/mol. The van der Waals surface area contributed by atoms with Crippen LogP contribution in [-0.4, -0.2) is 0 Å². The van der Waals surface area contributed by atoms with E-state index in [4.69, 9.17) is 0 Å². The molecular formula is C17H16F3N. The van der Waals surface area contributed by atoms with Gasteiger partial charge in [0.2, 0.25) is 0 Å². The largest absolute Gasteiger partial charge is 0.303 e. The van der Waals surface area contributed by atoms with Crippen LogP contribution in [0.2, 0.25) is 0 Å². The lowest BCUT2D eigenvalue weighted by atomic mass is 10.0. The number of nitrogens with one attached hydrogen (secondary N) is 1. The first kappa shape index (κ1) is 14.1. The van der Waals surface area contributed by atoms with Crippen LogP contribution in [0, 0.1) is 17.5 Å². The van der Waals surface area contributed by atoms with Gasteiger partial charge in [-0.15, -0.1) is 0 Å². The van der Waals surface area contributed by atoms with Crippen LogP contribution in [-0.2, 0) is 6.42 Å². The Morgan fingerprint density at radius 2 is 1.90 bits per heavy atom. The van der Waals surface area contributed by atoms with E-state index in [1.165, 1.54) is 18.2 Å². The van der Waals surface area contributed by atoms with Crippen LogP contribution in [0.3, 0.4) is 0 Å². The van der Waals surface area contributed by atoms with Crippen molar-refractivity contribution in [3.05, 3.63) is 70.5 Å². The molecule has 0 aliphatic heterocycles. The first-order valence-electron chi connectivity index (χ1n) is 7.04. The molecule has 1 aliphatic rings. The van der Waals surface area contributed by atoms with Gasteiger partial charge in [0.05, 0.1) is 0 Å². The van der Waals surface area contributed by atoms with E-state index in [1.807, 2.05) is 13.0 Å². The SMILES string of the molecule is CC(NC1CCc2c(F)cccc21)c1ccc(F)cc1F. The summed E-state index contributed by atoms with van der Waals surface area (Å²) in [7, 11) is 0.